The Morgan fingerprint density at radius 1 is 1.00 bits per heavy atom. The van der Waals surface area contributed by atoms with Crippen LogP contribution in [0.1, 0.15) is 55.4 Å². The fourth-order valence-electron chi connectivity index (χ4n) is 3.78. The number of halogens is 1. The Labute approximate surface area is 245 Å². The number of nitrogens with zero attached hydrogens (tertiary/aromatic N) is 1. The van der Waals surface area contributed by atoms with Crippen LogP contribution in [0.15, 0.2) is 52.5 Å². The zero-order valence-electron chi connectivity index (χ0n) is 22.5. The summed E-state index contributed by atoms with van der Waals surface area (Å²) in [4.78, 5) is 38.8. The summed E-state index contributed by atoms with van der Waals surface area (Å²) < 4.78 is 22.6. The molecule has 0 N–H and O–H groups in total. The summed E-state index contributed by atoms with van der Waals surface area (Å²) in [5.41, 5.74) is 1.94. The number of nitriles is 1. The average molecular weight is 627 g/mol. The lowest BCUT2D eigenvalue weighted by molar-refractivity contribution is -0.114. The number of ether oxygens (including phenoxy) is 4. The van der Waals surface area contributed by atoms with E-state index in [1.54, 1.807) is 39.0 Å². The first kappa shape index (κ1) is 30.6. The second-order valence-corrected chi connectivity index (χ2v) is 10.4. The van der Waals surface area contributed by atoms with Crippen molar-refractivity contribution in [1.29, 1.82) is 5.26 Å². The molecular formula is C30H28BrNO7S. The van der Waals surface area contributed by atoms with E-state index < -0.39 is 17.7 Å². The van der Waals surface area contributed by atoms with Crippen LogP contribution in [0.5, 0.6) is 11.5 Å². The predicted molar refractivity (Wildman–Crippen MR) is 155 cm³/mol. The van der Waals surface area contributed by atoms with Gasteiger partial charge in [-0.05, 0) is 67.8 Å². The quantitative estimate of drug-likeness (QED) is 0.128. The largest absolute Gasteiger partial charge is 0.493 e. The zero-order valence-corrected chi connectivity index (χ0v) is 24.9. The third kappa shape index (κ3) is 7.58. The minimum atomic E-state index is -0.638. The fourth-order valence-corrected chi connectivity index (χ4v) is 5.23. The van der Waals surface area contributed by atoms with Crippen molar-refractivity contribution in [2.75, 3.05) is 20.3 Å². The molecule has 2 aromatic carbocycles. The molecule has 0 amide bonds. The maximum Gasteiger partial charge on any atom is 0.348 e. The number of Topliss-reactive ketones (excluding diaryl/α,β-unsaturated/α-hetero) is 1. The van der Waals surface area contributed by atoms with Crippen molar-refractivity contribution < 1.29 is 33.3 Å². The molecule has 0 radical (unpaired) electrons. The Hall–Kier alpha value is -3.94. The first-order valence-corrected chi connectivity index (χ1v) is 14.0. The maximum absolute atomic E-state index is 13.2. The summed E-state index contributed by atoms with van der Waals surface area (Å²) in [6, 6.07) is 14.8. The van der Waals surface area contributed by atoms with E-state index in [1.807, 2.05) is 30.3 Å². The van der Waals surface area contributed by atoms with Crippen LogP contribution in [0.3, 0.4) is 0 Å². The van der Waals surface area contributed by atoms with Gasteiger partial charge in [-0.1, -0.05) is 34.1 Å². The smallest absolute Gasteiger partial charge is 0.348 e. The second-order valence-electron chi connectivity index (χ2n) is 8.39. The number of ketones is 1. The normalized spacial score (nSPS) is 10.9. The van der Waals surface area contributed by atoms with Crippen LogP contribution in [0.25, 0.3) is 6.08 Å². The number of rotatable bonds is 12. The van der Waals surface area contributed by atoms with Crippen LogP contribution >= 0.6 is 27.3 Å². The van der Waals surface area contributed by atoms with Gasteiger partial charge in [0.1, 0.15) is 17.6 Å². The lowest BCUT2D eigenvalue weighted by Crippen LogP contribution is -2.12. The highest BCUT2D eigenvalue weighted by Crippen LogP contribution is 2.32. The Balaban J connectivity index is 1.85. The molecule has 1 aromatic heterocycles. The number of hydrogen-bond acceptors (Lipinski definition) is 9. The molecule has 0 saturated carbocycles. The molecule has 1 heterocycles. The van der Waals surface area contributed by atoms with Gasteiger partial charge in [-0.15, -0.1) is 11.3 Å². The number of methoxy groups -OCH3 is 1. The standard InChI is InChI=1S/C30H28BrNO7S/c1-5-37-29(34)27-18(3)28(30(35)38-6-2)40-26(27)15-23(33)21(16-32)13-20-9-12-24(25(14-20)36-4)39-17-19-7-10-22(31)11-8-19/h7-14H,5-6,15,17H2,1-4H3/b21-13+. The van der Waals surface area contributed by atoms with Gasteiger partial charge in [-0.2, -0.15) is 5.26 Å². The minimum absolute atomic E-state index is 0.121. The van der Waals surface area contributed by atoms with E-state index in [2.05, 4.69) is 15.9 Å². The van der Waals surface area contributed by atoms with E-state index in [0.29, 0.717) is 34.1 Å². The highest BCUT2D eigenvalue weighted by atomic mass is 79.9. The molecule has 40 heavy (non-hydrogen) atoms. The van der Waals surface area contributed by atoms with E-state index in [1.165, 1.54) is 13.2 Å². The monoisotopic (exact) mass is 625 g/mol. The summed E-state index contributed by atoms with van der Waals surface area (Å²) >= 11 is 4.40. The van der Waals surface area contributed by atoms with E-state index in [0.717, 1.165) is 21.4 Å². The van der Waals surface area contributed by atoms with Crippen LogP contribution in [0, 0.1) is 18.3 Å². The molecule has 0 fully saturated rings. The van der Waals surface area contributed by atoms with Crippen molar-refractivity contribution in [3.8, 4) is 17.6 Å². The van der Waals surface area contributed by atoms with Crippen LogP contribution in [0.4, 0.5) is 0 Å². The van der Waals surface area contributed by atoms with Crippen LogP contribution in [-0.2, 0) is 27.3 Å². The lowest BCUT2D eigenvalue weighted by Gasteiger charge is -2.12. The van der Waals surface area contributed by atoms with Crippen LogP contribution in [-0.4, -0.2) is 38.0 Å². The Kier molecular flexibility index (Phi) is 11.1. The van der Waals surface area contributed by atoms with Crippen molar-refractivity contribution in [2.45, 2.75) is 33.8 Å². The number of benzene rings is 2. The third-order valence-electron chi connectivity index (χ3n) is 5.71. The number of thiophene rings is 1. The highest BCUT2D eigenvalue weighted by Gasteiger charge is 2.28. The van der Waals surface area contributed by atoms with Crippen LogP contribution < -0.4 is 9.47 Å². The van der Waals surface area contributed by atoms with Gasteiger partial charge < -0.3 is 18.9 Å². The molecule has 10 heteroatoms. The van der Waals surface area contributed by atoms with Crippen molar-refractivity contribution in [3.63, 3.8) is 0 Å². The molecule has 0 aliphatic carbocycles. The number of carbonyl (C=O) groups is 3. The molecule has 0 aliphatic rings. The molecule has 0 aliphatic heterocycles. The van der Waals surface area contributed by atoms with Gasteiger partial charge in [0.15, 0.2) is 17.3 Å². The zero-order chi connectivity index (χ0) is 29.2. The van der Waals surface area contributed by atoms with E-state index in [9.17, 15) is 19.6 Å². The van der Waals surface area contributed by atoms with Crippen molar-refractivity contribution >= 4 is 51.1 Å². The van der Waals surface area contributed by atoms with Crippen LogP contribution in [0.2, 0.25) is 0 Å². The summed E-state index contributed by atoms with van der Waals surface area (Å²) in [7, 11) is 1.50. The lowest BCUT2D eigenvalue weighted by atomic mass is 10.0. The molecule has 0 unspecified atom stereocenters. The number of hydrogen-bond donors (Lipinski definition) is 0. The summed E-state index contributed by atoms with van der Waals surface area (Å²) in [5, 5.41) is 9.77. The van der Waals surface area contributed by atoms with Crippen molar-refractivity contribution in [1.82, 2.24) is 0 Å². The maximum atomic E-state index is 13.2. The molecule has 3 rings (SSSR count). The van der Waals surface area contributed by atoms with Crippen molar-refractivity contribution in [2.24, 2.45) is 0 Å². The summed E-state index contributed by atoms with van der Waals surface area (Å²) in [6.45, 7) is 5.58. The van der Waals surface area contributed by atoms with Gasteiger partial charge in [0.2, 0.25) is 0 Å². The third-order valence-corrected chi connectivity index (χ3v) is 7.51. The van der Waals surface area contributed by atoms with Gasteiger partial charge >= 0.3 is 11.9 Å². The minimum Gasteiger partial charge on any atom is -0.493 e. The van der Waals surface area contributed by atoms with E-state index >= 15 is 0 Å². The summed E-state index contributed by atoms with van der Waals surface area (Å²) in [5.74, 6) is -0.792. The topological polar surface area (TPSA) is 112 Å². The molecule has 0 saturated heterocycles. The molecule has 3 aromatic rings. The number of esters is 2. The van der Waals surface area contributed by atoms with Gasteiger partial charge in [-0.25, -0.2) is 9.59 Å². The first-order chi connectivity index (χ1) is 19.2. The number of allylic oxidation sites excluding steroid dienone is 1. The molecule has 8 nitrogen and oxygen atoms in total. The molecular weight excluding hydrogens is 598 g/mol. The predicted octanol–water partition coefficient (Wildman–Crippen LogP) is 6.48. The molecule has 0 atom stereocenters. The highest BCUT2D eigenvalue weighted by molar-refractivity contribution is 9.10. The fraction of sp³-hybridized carbons (Fsp3) is 0.267. The van der Waals surface area contributed by atoms with Crippen molar-refractivity contribution in [3.05, 3.63) is 84.5 Å². The Morgan fingerprint density at radius 3 is 2.30 bits per heavy atom. The Bertz CT molecular complexity index is 1470. The van der Waals surface area contributed by atoms with Gasteiger partial charge in [0.25, 0.3) is 0 Å². The second kappa shape index (κ2) is 14.4. The summed E-state index contributed by atoms with van der Waals surface area (Å²) in [6.07, 6.45) is 1.18. The first-order valence-electron chi connectivity index (χ1n) is 12.4. The Morgan fingerprint density at radius 2 is 1.68 bits per heavy atom. The van der Waals surface area contributed by atoms with E-state index in [4.69, 9.17) is 18.9 Å². The van der Waals surface area contributed by atoms with Gasteiger partial charge in [-0.3, -0.25) is 4.79 Å². The molecule has 0 bridgehead atoms. The molecule has 208 valence electrons. The van der Waals surface area contributed by atoms with E-state index in [-0.39, 0.29) is 35.6 Å². The van der Waals surface area contributed by atoms with Gasteiger partial charge in [0.05, 0.1) is 31.5 Å². The average Bonchev–Trinajstić information content (AvgIpc) is 3.27. The number of carbonyl (C=O) groups excluding carboxylic acids is 3. The van der Waals surface area contributed by atoms with Gasteiger partial charge in [0, 0.05) is 15.8 Å². The SMILES string of the molecule is CCOC(=O)c1sc(CC(=O)/C(C#N)=C/c2ccc(OCc3ccc(Br)cc3)c(OC)c2)c(C(=O)OCC)c1C. The molecule has 0 spiro atoms.